The third-order valence-corrected chi connectivity index (χ3v) is 15.0. The van der Waals surface area contributed by atoms with Crippen molar-refractivity contribution >= 4 is 16.6 Å². The second-order valence-corrected chi connectivity index (χ2v) is 16.8. The first-order valence-corrected chi connectivity index (χ1v) is 14.6. The molecule has 0 aromatic carbocycles. The minimum Gasteiger partial charge on any atom is -0.455 e. The summed E-state index contributed by atoms with van der Waals surface area (Å²) < 4.78 is 6.98. The quantitative estimate of drug-likeness (QED) is 0.571. The number of hydrogen-bond donors (Lipinski definition) is 0. The Kier molecular flexibility index (Phi) is 5.35. The van der Waals surface area contributed by atoms with E-state index in [0.29, 0.717) is 0 Å². The molecule has 19 heavy (non-hydrogen) atoms. The molecule has 0 aromatic heterocycles. The molecule has 112 valence electrons. The molecule has 0 bridgehead atoms. The zero-order chi connectivity index (χ0) is 13.9. The molecular formula is C16H34OSi2. The van der Waals surface area contributed by atoms with E-state index in [0.717, 1.165) is 11.1 Å². The lowest BCUT2D eigenvalue weighted by Crippen LogP contribution is -2.50. The van der Waals surface area contributed by atoms with Crippen LogP contribution in [0.2, 0.25) is 37.3 Å². The Morgan fingerprint density at radius 1 is 0.579 bits per heavy atom. The van der Waals surface area contributed by atoms with Crippen LogP contribution in [-0.4, -0.2) is 16.6 Å². The van der Waals surface area contributed by atoms with Crippen molar-refractivity contribution in [3.8, 4) is 0 Å². The average Bonchev–Trinajstić information content (AvgIpc) is 2.40. The van der Waals surface area contributed by atoms with E-state index in [1.807, 2.05) is 0 Å². The van der Waals surface area contributed by atoms with Crippen molar-refractivity contribution in [1.29, 1.82) is 0 Å². The van der Waals surface area contributed by atoms with Crippen LogP contribution in [0.1, 0.15) is 64.2 Å². The Labute approximate surface area is 122 Å². The van der Waals surface area contributed by atoms with Gasteiger partial charge in [0.25, 0.3) is 0 Å². The highest BCUT2D eigenvalue weighted by molar-refractivity contribution is 6.86. The first-order chi connectivity index (χ1) is 8.92. The van der Waals surface area contributed by atoms with Crippen molar-refractivity contribution in [2.45, 2.75) is 101 Å². The van der Waals surface area contributed by atoms with Gasteiger partial charge in [0.05, 0.1) is 0 Å². The van der Waals surface area contributed by atoms with Crippen molar-refractivity contribution in [3.63, 3.8) is 0 Å². The van der Waals surface area contributed by atoms with Crippen LogP contribution in [0.3, 0.4) is 0 Å². The van der Waals surface area contributed by atoms with Gasteiger partial charge in [0.15, 0.2) is 16.6 Å². The normalized spacial score (nSPS) is 24.6. The van der Waals surface area contributed by atoms with E-state index in [2.05, 4.69) is 26.2 Å². The van der Waals surface area contributed by atoms with Crippen LogP contribution in [0.15, 0.2) is 0 Å². The Morgan fingerprint density at radius 2 is 0.895 bits per heavy atom. The van der Waals surface area contributed by atoms with Gasteiger partial charge in [-0.15, -0.1) is 0 Å². The monoisotopic (exact) mass is 298 g/mol. The van der Waals surface area contributed by atoms with Gasteiger partial charge in [-0.25, -0.2) is 0 Å². The summed E-state index contributed by atoms with van der Waals surface area (Å²) in [5.41, 5.74) is 1.88. The highest BCUT2D eigenvalue weighted by Gasteiger charge is 2.43. The first-order valence-electron chi connectivity index (χ1n) is 8.62. The summed E-state index contributed by atoms with van der Waals surface area (Å²) in [6.45, 7) is 10.1. The molecule has 0 atom stereocenters. The minimum atomic E-state index is -1.46. The van der Waals surface area contributed by atoms with Gasteiger partial charge in [-0.1, -0.05) is 64.2 Å². The molecule has 3 heteroatoms. The molecule has 0 unspecified atom stereocenters. The third-order valence-electron chi connectivity index (χ3n) is 5.70. The zero-order valence-corrected chi connectivity index (χ0v) is 15.6. The Balaban J connectivity index is 1.96. The van der Waals surface area contributed by atoms with E-state index >= 15 is 0 Å². The van der Waals surface area contributed by atoms with Crippen LogP contribution in [0.5, 0.6) is 0 Å². The van der Waals surface area contributed by atoms with Gasteiger partial charge in [-0.05, 0) is 37.3 Å². The maximum atomic E-state index is 6.98. The number of rotatable bonds is 4. The molecule has 0 radical (unpaired) electrons. The molecule has 1 nitrogen and oxygen atoms in total. The SMILES string of the molecule is C[Si](C)(O[Si](C)(C)C1CCCCC1)C1CCCCC1. The summed E-state index contributed by atoms with van der Waals surface area (Å²) in [4.78, 5) is 0. The van der Waals surface area contributed by atoms with Crippen LogP contribution in [0.25, 0.3) is 0 Å². The third kappa shape index (κ3) is 4.18. The maximum absolute atomic E-state index is 6.98. The van der Waals surface area contributed by atoms with Gasteiger partial charge in [0, 0.05) is 0 Å². The van der Waals surface area contributed by atoms with Crippen LogP contribution >= 0.6 is 0 Å². The van der Waals surface area contributed by atoms with Crippen molar-refractivity contribution in [3.05, 3.63) is 0 Å². The Morgan fingerprint density at radius 3 is 1.21 bits per heavy atom. The molecule has 2 saturated carbocycles. The van der Waals surface area contributed by atoms with Crippen molar-refractivity contribution in [2.24, 2.45) is 0 Å². The van der Waals surface area contributed by atoms with E-state index in [-0.39, 0.29) is 0 Å². The fourth-order valence-electron chi connectivity index (χ4n) is 4.44. The van der Waals surface area contributed by atoms with E-state index in [1.54, 1.807) is 0 Å². The standard InChI is InChI=1S/C16H34OSi2/c1-18(2,15-11-7-5-8-12-15)17-19(3,4)16-13-9-6-10-14-16/h15-16H,5-14H2,1-4H3. The predicted octanol–water partition coefficient (Wildman–Crippen LogP) is 6.08. The second-order valence-electron chi connectivity index (χ2n) is 7.98. The molecule has 0 saturated heterocycles. The molecule has 0 amide bonds. The summed E-state index contributed by atoms with van der Waals surface area (Å²) in [6.07, 6.45) is 14.6. The lowest BCUT2D eigenvalue weighted by atomic mass is 10.0. The fraction of sp³-hybridized carbons (Fsp3) is 1.00. The second kappa shape index (κ2) is 6.44. The highest BCUT2D eigenvalue weighted by atomic mass is 28.4. The van der Waals surface area contributed by atoms with Gasteiger partial charge in [0.2, 0.25) is 0 Å². The highest BCUT2D eigenvalue weighted by Crippen LogP contribution is 2.43. The summed E-state index contributed by atoms with van der Waals surface area (Å²) in [6, 6.07) is 0. The topological polar surface area (TPSA) is 9.23 Å². The molecule has 2 aliphatic carbocycles. The van der Waals surface area contributed by atoms with Crippen molar-refractivity contribution in [1.82, 2.24) is 0 Å². The summed E-state index contributed by atoms with van der Waals surface area (Å²) >= 11 is 0. The van der Waals surface area contributed by atoms with E-state index in [9.17, 15) is 0 Å². The lowest BCUT2D eigenvalue weighted by molar-refractivity contribution is 0.407. The van der Waals surface area contributed by atoms with Gasteiger partial charge >= 0.3 is 0 Å². The van der Waals surface area contributed by atoms with Crippen LogP contribution in [0.4, 0.5) is 0 Å². The molecule has 2 fully saturated rings. The molecule has 0 spiro atoms. The van der Waals surface area contributed by atoms with E-state index in [1.165, 1.54) is 64.2 Å². The maximum Gasteiger partial charge on any atom is 0.176 e. The summed E-state index contributed by atoms with van der Waals surface area (Å²) in [5.74, 6) is 0. The summed E-state index contributed by atoms with van der Waals surface area (Å²) in [7, 11) is -2.92. The number of hydrogen-bond acceptors (Lipinski definition) is 1. The minimum absolute atomic E-state index is 0.941. The van der Waals surface area contributed by atoms with Crippen molar-refractivity contribution < 1.29 is 4.12 Å². The fourth-order valence-corrected chi connectivity index (χ4v) is 14.8. The van der Waals surface area contributed by atoms with Gasteiger partial charge in [0.1, 0.15) is 0 Å². The molecule has 2 aliphatic rings. The molecule has 2 rings (SSSR count). The summed E-state index contributed by atoms with van der Waals surface area (Å²) in [5, 5.41) is 0. The van der Waals surface area contributed by atoms with E-state index < -0.39 is 16.6 Å². The average molecular weight is 299 g/mol. The smallest absolute Gasteiger partial charge is 0.176 e. The molecular weight excluding hydrogens is 264 g/mol. The molecule has 0 aliphatic heterocycles. The predicted molar refractivity (Wildman–Crippen MR) is 89.7 cm³/mol. The van der Waals surface area contributed by atoms with Gasteiger partial charge in [-0.3, -0.25) is 0 Å². The lowest BCUT2D eigenvalue weighted by Gasteiger charge is -2.44. The Hall–Kier alpha value is 0.394. The molecule has 0 aromatic rings. The molecule has 0 N–H and O–H groups in total. The van der Waals surface area contributed by atoms with Crippen LogP contribution in [-0.2, 0) is 4.12 Å². The molecule has 0 heterocycles. The van der Waals surface area contributed by atoms with Crippen LogP contribution in [0, 0.1) is 0 Å². The zero-order valence-electron chi connectivity index (χ0n) is 13.6. The van der Waals surface area contributed by atoms with Gasteiger partial charge in [-0.2, -0.15) is 0 Å². The van der Waals surface area contributed by atoms with Gasteiger partial charge < -0.3 is 4.12 Å². The van der Waals surface area contributed by atoms with E-state index in [4.69, 9.17) is 4.12 Å². The first kappa shape index (κ1) is 15.8. The Bertz CT molecular complexity index is 248. The van der Waals surface area contributed by atoms with Crippen molar-refractivity contribution in [2.75, 3.05) is 0 Å². The van der Waals surface area contributed by atoms with Crippen LogP contribution < -0.4 is 0 Å². The largest absolute Gasteiger partial charge is 0.455 e.